The molecular weight excluding hydrogens is 238 g/mol. The predicted octanol–water partition coefficient (Wildman–Crippen LogP) is 2.20. The maximum absolute atomic E-state index is 11.1. The van der Waals surface area contributed by atoms with Gasteiger partial charge in [-0.1, -0.05) is 20.8 Å². The third-order valence-corrected chi connectivity index (χ3v) is 2.68. The highest BCUT2D eigenvalue weighted by Crippen LogP contribution is 2.22. The highest BCUT2D eigenvalue weighted by molar-refractivity contribution is 7.09. The van der Waals surface area contributed by atoms with E-state index in [-0.39, 0.29) is 11.4 Å². The van der Waals surface area contributed by atoms with E-state index >= 15 is 0 Å². The summed E-state index contributed by atoms with van der Waals surface area (Å²) in [4.78, 5) is 15.5. The van der Waals surface area contributed by atoms with E-state index in [1.54, 1.807) is 6.92 Å². The van der Waals surface area contributed by atoms with Crippen LogP contribution in [0.15, 0.2) is 0 Å². The summed E-state index contributed by atoms with van der Waals surface area (Å²) >= 11 is 1.32. The van der Waals surface area contributed by atoms with Gasteiger partial charge >= 0.3 is 5.97 Å². The Morgan fingerprint density at radius 1 is 1.47 bits per heavy atom. The number of nitrogens with one attached hydrogen (secondary N) is 1. The van der Waals surface area contributed by atoms with Gasteiger partial charge in [-0.2, -0.15) is 4.37 Å². The van der Waals surface area contributed by atoms with Crippen LogP contribution in [0, 0.1) is 0 Å². The molecule has 0 spiro atoms. The number of esters is 1. The number of carbonyl (C=O) groups is 1. The molecule has 0 atom stereocenters. The lowest BCUT2D eigenvalue weighted by molar-refractivity contribution is -0.142. The minimum absolute atomic E-state index is 0.0441. The number of anilines is 1. The van der Waals surface area contributed by atoms with E-state index in [4.69, 9.17) is 4.74 Å². The van der Waals surface area contributed by atoms with E-state index in [1.165, 1.54) is 11.5 Å². The Kier molecular flexibility index (Phi) is 4.86. The van der Waals surface area contributed by atoms with Crippen molar-refractivity contribution >= 4 is 22.6 Å². The fraction of sp³-hybridized carbons (Fsp3) is 0.727. The molecule has 0 aliphatic carbocycles. The van der Waals surface area contributed by atoms with Crippen LogP contribution in [0.5, 0.6) is 0 Å². The lowest BCUT2D eigenvalue weighted by Gasteiger charge is -2.12. The van der Waals surface area contributed by atoms with Gasteiger partial charge in [-0.25, -0.2) is 4.98 Å². The molecule has 17 heavy (non-hydrogen) atoms. The highest BCUT2D eigenvalue weighted by Gasteiger charge is 2.19. The largest absolute Gasteiger partial charge is 0.466 e. The molecule has 6 heteroatoms. The maximum atomic E-state index is 11.1. The van der Waals surface area contributed by atoms with Gasteiger partial charge in [-0.3, -0.25) is 4.79 Å². The summed E-state index contributed by atoms with van der Waals surface area (Å²) in [6, 6.07) is 0. The summed E-state index contributed by atoms with van der Waals surface area (Å²) in [5, 5.41) is 3.82. The summed E-state index contributed by atoms with van der Waals surface area (Å²) in [5.41, 5.74) is -0.0441. The molecule has 1 aromatic heterocycles. The van der Waals surface area contributed by atoms with Crippen molar-refractivity contribution in [2.24, 2.45) is 0 Å². The van der Waals surface area contributed by atoms with Crippen LogP contribution >= 0.6 is 11.5 Å². The summed E-state index contributed by atoms with van der Waals surface area (Å²) in [6.45, 7) is 8.95. The lowest BCUT2D eigenvalue weighted by atomic mass is 9.96. The van der Waals surface area contributed by atoms with Gasteiger partial charge in [0.05, 0.1) is 13.0 Å². The third-order valence-electron chi connectivity index (χ3n) is 2.01. The number of nitrogens with zero attached hydrogens (tertiary/aromatic N) is 2. The Hall–Kier alpha value is -1.17. The third kappa shape index (κ3) is 4.68. The number of hydrogen-bond donors (Lipinski definition) is 1. The van der Waals surface area contributed by atoms with Crippen molar-refractivity contribution in [3.63, 3.8) is 0 Å². The Labute approximate surface area is 106 Å². The van der Waals surface area contributed by atoms with Crippen molar-refractivity contribution in [2.45, 2.75) is 39.5 Å². The first kappa shape index (κ1) is 13.9. The molecule has 1 rings (SSSR count). The normalized spacial score (nSPS) is 11.3. The topological polar surface area (TPSA) is 64.1 Å². The van der Waals surface area contributed by atoms with Crippen LogP contribution in [-0.2, 0) is 14.9 Å². The second-order valence-electron chi connectivity index (χ2n) is 4.65. The monoisotopic (exact) mass is 257 g/mol. The second kappa shape index (κ2) is 5.95. The molecule has 0 saturated heterocycles. The molecule has 0 saturated carbocycles. The number of carbonyl (C=O) groups excluding carboxylic acids is 1. The molecule has 1 N–H and O–H groups in total. The Bertz CT molecular complexity index is 371. The summed E-state index contributed by atoms with van der Waals surface area (Å²) in [7, 11) is 0. The van der Waals surface area contributed by atoms with Gasteiger partial charge in [-0.15, -0.1) is 0 Å². The average molecular weight is 257 g/mol. The van der Waals surface area contributed by atoms with Crippen molar-refractivity contribution in [1.29, 1.82) is 0 Å². The van der Waals surface area contributed by atoms with Gasteiger partial charge < -0.3 is 10.1 Å². The number of aromatic nitrogens is 2. The van der Waals surface area contributed by atoms with E-state index in [1.807, 2.05) is 0 Å². The van der Waals surface area contributed by atoms with Crippen molar-refractivity contribution in [3.8, 4) is 0 Å². The van der Waals surface area contributed by atoms with Crippen molar-refractivity contribution in [3.05, 3.63) is 5.82 Å². The van der Waals surface area contributed by atoms with E-state index in [0.717, 1.165) is 11.0 Å². The zero-order valence-corrected chi connectivity index (χ0v) is 11.6. The molecule has 0 aliphatic rings. The summed E-state index contributed by atoms with van der Waals surface area (Å²) in [5.74, 6) is 0.627. The molecular formula is C11H19N3O2S. The van der Waals surface area contributed by atoms with Crippen LogP contribution < -0.4 is 5.32 Å². The van der Waals surface area contributed by atoms with Crippen LogP contribution in [0.1, 0.15) is 39.9 Å². The molecule has 0 bridgehead atoms. The number of ether oxygens (including phenoxy) is 1. The minimum atomic E-state index is -0.194. The zero-order valence-electron chi connectivity index (χ0n) is 10.7. The molecule has 0 aliphatic heterocycles. The van der Waals surface area contributed by atoms with E-state index < -0.39 is 0 Å². The predicted molar refractivity (Wildman–Crippen MR) is 68.3 cm³/mol. The molecule has 0 unspecified atom stereocenters. The Morgan fingerprint density at radius 2 is 2.18 bits per heavy atom. The summed E-state index contributed by atoms with van der Waals surface area (Å²) in [6.07, 6.45) is 0.346. The van der Waals surface area contributed by atoms with Crippen LogP contribution in [0.25, 0.3) is 0 Å². The lowest BCUT2D eigenvalue weighted by Crippen LogP contribution is -2.14. The first-order chi connectivity index (χ1) is 7.93. The molecule has 0 radical (unpaired) electrons. The fourth-order valence-corrected chi connectivity index (χ4v) is 1.89. The molecule has 1 heterocycles. The Morgan fingerprint density at radius 3 is 2.71 bits per heavy atom. The first-order valence-corrected chi connectivity index (χ1v) is 6.44. The standard InChI is InChI=1S/C11H19N3O2S/c1-5-16-8(15)6-7-12-10-13-9(14-17-10)11(2,3)4/h5-7H2,1-4H3,(H,12,13,14). The summed E-state index contributed by atoms with van der Waals surface area (Å²) < 4.78 is 9.10. The fourth-order valence-electron chi connectivity index (χ4n) is 1.10. The van der Waals surface area contributed by atoms with Gasteiger partial charge in [0.15, 0.2) is 0 Å². The van der Waals surface area contributed by atoms with Gasteiger partial charge in [-0.05, 0) is 6.92 Å². The molecule has 1 aromatic rings. The van der Waals surface area contributed by atoms with Crippen LogP contribution in [-0.4, -0.2) is 28.5 Å². The van der Waals surface area contributed by atoms with Crippen LogP contribution in [0.3, 0.4) is 0 Å². The van der Waals surface area contributed by atoms with Crippen molar-refractivity contribution < 1.29 is 9.53 Å². The van der Waals surface area contributed by atoms with Gasteiger partial charge in [0.25, 0.3) is 0 Å². The smallest absolute Gasteiger partial charge is 0.307 e. The van der Waals surface area contributed by atoms with E-state index in [9.17, 15) is 4.79 Å². The molecule has 5 nitrogen and oxygen atoms in total. The van der Waals surface area contributed by atoms with E-state index in [2.05, 4.69) is 35.4 Å². The Balaban J connectivity index is 2.38. The van der Waals surface area contributed by atoms with Gasteiger partial charge in [0, 0.05) is 23.5 Å². The van der Waals surface area contributed by atoms with Crippen LogP contribution in [0.4, 0.5) is 5.13 Å². The van der Waals surface area contributed by atoms with Gasteiger partial charge in [0.2, 0.25) is 5.13 Å². The zero-order chi connectivity index (χ0) is 12.9. The molecule has 0 amide bonds. The SMILES string of the molecule is CCOC(=O)CCNc1nc(C(C)(C)C)ns1. The van der Waals surface area contributed by atoms with Crippen molar-refractivity contribution in [2.75, 3.05) is 18.5 Å². The second-order valence-corrected chi connectivity index (χ2v) is 5.41. The van der Waals surface area contributed by atoms with Crippen LogP contribution in [0.2, 0.25) is 0 Å². The van der Waals surface area contributed by atoms with E-state index in [0.29, 0.717) is 19.6 Å². The van der Waals surface area contributed by atoms with Crippen molar-refractivity contribution in [1.82, 2.24) is 9.36 Å². The minimum Gasteiger partial charge on any atom is -0.466 e. The maximum Gasteiger partial charge on any atom is 0.307 e. The molecule has 0 fully saturated rings. The highest BCUT2D eigenvalue weighted by atomic mass is 32.1. The molecule has 0 aromatic carbocycles. The first-order valence-electron chi connectivity index (χ1n) is 5.67. The quantitative estimate of drug-likeness (QED) is 0.819. The number of rotatable bonds is 5. The average Bonchev–Trinajstić information content (AvgIpc) is 2.66. The van der Waals surface area contributed by atoms with Gasteiger partial charge in [0.1, 0.15) is 5.82 Å². The number of hydrogen-bond acceptors (Lipinski definition) is 6. The molecule has 96 valence electrons.